The highest BCUT2D eigenvalue weighted by molar-refractivity contribution is 5.72. The van der Waals surface area contributed by atoms with Crippen molar-refractivity contribution in [3.63, 3.8) is 0 Å². The molecule has 0 saturated carbocycles. The molecule has 3 rings (SSSR count). The molecule has 0 radical (unpaired) electrons. The zero-order valence-corrected chi connectivity index (χ0v) is 13.3. The highest BCUT2D eigenvalue weighted by atomic mass is 19.2. The standard InChI is InChI=1S/C19H16F4O/c1-10-3-6-14(18(22)16(10)20)15-8-7-13(17(21)19(15)23)12-5-4-11(2)24-9-12/h3,6-9,11H,4-5H2,1-2H3. The van der Waals surface area contributed by atoms with Crippen LogP contribution in [0.25, 0.3) is 16.7 Å². The summed E-state index contributed by atoms with van der Waals surface area (Å²) in [4.78, 5) is 0. The van der Waals surface area contributed by atoms with E-state index in [9.17, 15) is 17.6 Å². The number of halogens is 4. The SMILES string of the molecule is Cc1ccc(-c2ccc(C3=COC(C)CC3)c(F)c2F)c(F)c1F. The van der Waals surface area contributed by atoms with Crippen LogP contribution in [0.4, 0.5) is 17.6 Å². The fourth-order valence-electron chi connectivity index (χ4n) is 2.74. The minimum atomic E-state index is -1.20. The number of aryl methyl sites for hydroxylation is 1. The van der Waals surface area contributed by atoms with Crippen LogP contribution in [0, 0.1) is 30.2 Å². The van der Waals surface area contributed by atoms with Gasteiger partial charge < -0.3 is 4.74 Å². The van der Waals surface area contributed by atoms with Crippen LogP contribution in [0.3, 0.4) is 0 Å². The van der Waals surface area contributed by atoms with E-state index in [1.807, 2.05) is 6.92 Å². The molecule has 0 fully saturated rings. The van der Waals surface area contributed by atoms with Gasteiger partial charge in [0.05, 0.1) is 12.4 Å². The molecule has 0 N–H and O–H groups in total. The molecule has 0 saturated heterocycles. The van der Waals surface area contributed by atoms with Gasteiger partial charge in [-0.3, -0.25) is 0 Å². The average Bonchev–Trinajstić information content (AvgIpc) is 2.57. The van der Waals surface area contributed by atoms with E-state index in [0.29, 0.717) is 18.4 Å². The summed E-state index contributed by atoms with van der Waals surface area (Å²) in [5.74, 6) is -4.53. The summed E-state index contributed by atoms with van der Waals surface area (Å²) in [5.41, 5.74) is 0.122. The Hall–Kier alpha value is -2.30. The summed E-state index contributed by atoms with van der Waals surface area (Å²) in [5, 5.41) is 0. The minimum absolute atomic E-state index is 0.0329. The van der Waals surface area contributed by atoms with Crippen molar-refractivity contribution in [1.29, 1.82) is 0 Å². The summed E-state index contributed by atoms with van der Waals surface area (Å²) in [6.07, 6.45) is 2.72. The second-order valence-electron chi connectivity index (χ2n) is 5.98. The Bertz CT molecular complexity index is 827. The fourth-order valence-corrected chi connectivity index (χ4v) is 2.74. The normalized spacial score (nSPS) is 17.4. The third-order valence-corrected chi connectivity index (χ3v) is 4.26. The molecule has 1 unspecified atom stereocenters. The third kappa shape index (κ3) is 2.79. The van der Waals surface area contributed by atoms with Crippen molar-refractivity contribution in [3.8, 4) is 11.1 Å². The lowest BCUT2D eigenvalue weighted by molar-refractivity contribution is 0.144. The maximum atomic E-state index is 14.5. The Morgan fingerprint density at radius 2 is 1.38 bits per heavy atom. The summed E-state index contributed by atoms with van der Waals surface area (Å²) in [6.45, 7) is 3.29. The lowest BCUT2D eigenvalue weighted by atomic mass is 9.95. The summed E-state index contributed by atoms with van der Waals surface area (Å²) in [6, 6.07) is 5.21. The Labute approximate surface area is 137 Å². The van der Waals surface area contributed by atoms with E-state index in [1.54, 1.807) is 0 Å². The first kappa shape index (κ1) is 16.6. The van der Waals surface area contributed by atoms with Gasteiger partial charge in [-0.25, -0.2) is 17.6 Å². The number of rotatable bonds is 2. The molecule has 2 aromatic rings. The lowest BCUT2D eigenvalue weighted by Crippen LogP contribution is -2.10. The second kappa shape index (κ2) is 6.30. The van der Waals surface area contributed by atoms with Gasteiger partial charge in [0.25, 0.3) is 0 Å². The summed E-state index contributed by atoms with van der Waals surface area (Å²) >= 11 is 0. The van der Waals surface area contributed by atoms with E-state index in [-0.39, 0.29) is 28.4 Å². The molecule has 126 valence electrons. The van der Waals surface area contributed by atoms with Gasteiger partial charge in [-0.15, -0.1) is 0 Å². The van der Waals surface area contributed by atoms with Crippen LogP contribution >= 0.6 is 0 Å². The topological polar surface area (TPSA) is 9.23 Å². The van der Waals surface area contributed by atoms with Crippen molar-refractivity contribution in [2.45, 2.75) is 32.8 Å². The fraction of sp³-hybridized carbons (Fsp3) is 0.263. The average molecular weight is 336 g/mol. The van der Waals surface area contributed by atoms with Crippen molar-refractivity contribution < 1.29 is 22.3 Å². The predicted molar refractivity (Wildman–Crippen MR) is 84.2 cm³/mol. The van der Waals surface area contributed by atoms with Crippen LogP contribution in [0.1, 0.15) is 30.9 Å². The number of ether oxygens (including phenoxy) is 1. The first-order valence-electron chi connectivity index (χ1n) is 7.68. The van der Waals surface area contributed by atoms with E-state index >= 15 is 0 Å². The van der Waals surface area contributed by atoms with Gasteiger partial charge in [0.1, 0.15) is 0 Å². The van der Waals surface area contributed by atoms with Crippen molar-refractivity contribution in [1.82, 2.24) is 0 Å². The van der Waals surface area contributed by atoms with E-state index < -0.39 is 23.3 Å². The highest BCUT2D eigenvalue weighted by Gasteiger charge is 2.22. The first-order chi connectivity index (χ1) is 11.4. The Kier molecular flexibility index (Phi) is 4.35. The molecule has 1 aliphatic rings. The largest absolute Gasteiger partial charge is 0.498 e. The first-order valence-corrected chi connectivity index (χ1v) is 7.68. The van der Waals surface area contributed by atoms with E-state index in [0.717, 1.165) is 0 Å². The molecule has 24 heavy (non-hydrogen) atoms. The van der Waals surface area contributed by atoms with Gasteiger partial charge in [0, 0.05) is 16.7 Å². The van der Waals surface area contributed by atoms with Crippen LogP contribution in [0.2, 0.25) is 0 Å². The zero-order valence-electron chi connectivity index (χ0n) is 13.3. The maximum Gasteiger partial charge on any atom is 0.167 e. The molecule has 1 aliphatic heterocycles. The van der Waals surface area contributed by atoms with Gasteiger partial charge in [0.2, 0.25) is 0 Å². The number of hydrogen-bond acceptors (Lipinski definition) is 1. The number of allylic oxidation sites excluding steroid dienone is 1. The monoisotopic (exact) mass is 336 g/mol. The molecule has 0 aliphatic carbocycles. The van der Waals surface area contributed by atoms with E-state index in [2.05, 4.69) is 0 Å². The van der Waals surface area contributed by atoms with E-state index in [4.69, 9.17) is 4.74 Å². The van der Waals surface area contributed by atoms with Gasteiger partial charge in [0.15, 0.2) is 23.3 Å². The summed E-state index contributed by atoms with van der Waals surface area (Å²) in [7, 11) is 0. The Morgan fingerprint density at radius 1 is 0.833 bits per heavy atom. The third-order valence-electron chi connectivity index (χ3n) is 4.26. The van der Waals surface area contributed by atoms with Crippen LogP contribution in [-0.4, -0.2) is 6.10 Å². The van der Waals surface area contributed by atoms with Crippen LogP contribution in [0.5, 0.6) is 0 Å². The molecular formula is C19H16F4O. The Morgan fingerprint density at radius 3 is 2.00 bits per heavy atom. The molecule has 2 aromatic carbocycles. The zero-order chi connectivity index (χ0) is 17.4. The number of benzene rings is 2. The number of hydrogen-bond donors (Lipinski definition) is 0. The van der Waals surface area contributed by atoms with Crippen LogP contribution < -0.4 is 0 Å². The molecule has 1 nitrogen and oxygen atoms in total. The van der Waals surface area contributed by atoms with Gasteiger partial charge in [-0.2, -0.15) is 0 Å². The van der Waals surface area contributed by atoms with Crippen molar-refractivity contribution >= 4 is 5.57 Å². The van der Waals surface area contributed by atoms with Gasteiger partial charge in [-0.1, -0.05) is 24.3 Å². The Balaban J connectivity index is 2.07. The van der Waals surface area contributed by atoms with Crippen LogP contribution in [0.15, 0.2) is 30.5 Å². The maximum absolute atomic E-state index is 14.5. The smallest absolute Gasteiger partial charge is 0.167 e. The van der Waals surface area contributed by atoms with Crippen molar-refractivity contribution in [3.05, 3.63) is 64.9 Å². The summed E-state index contributed by atoms with van der Waals surface area (Å²) < 4.78 is 62.0. The molecule has 1 heterocycles. The highest BCUT2D eigenvalue weighted by Crippen LogP contribution is 2.34. The van der Waals surface area contributed by atoms with Crippen LogP contribution in [-0.2, 0) is 4.74 Å². The lowest BCUT2D eigenvalue weighted by Gasteiger charge is -2.20. The molecule has 0 amide bonds. The molecule has 0 spiro atoms. The molecular weight excluding hydrogens is 320 g/mol. The molecule has 0 bridgehead atoms. The predicted octanol–water partition coefficient (Wildman–Crippen LogP) is 5.76. The second-order valence-corrected chi connectivity index (χ2v) is 5.98. The quantitative estimate of drug-likeness (QED) is 0.634. The van der Waals surface area contributed by atoms with Crippen molar-refractivity contribution in [2.24, 2.45) is 0 Å². The molecule has 1 atom stereocenters. The van der Waals surface area contributed by atoms with Gasteiger partial charge >= 0.3 is 0 Å². The van der Waals surface area contributed by atoms with E-state index in [1.165, 1.54) is 37.5 Å². The minimum Gasteiger partial charge on any atom is -0.498 e. The van der Waals surface area contributed by atoms with Gasteiger partial charge in [-0.05, 0) is 37.8 Å². The molecule has 5 heteroatoms. The van der Waals surface area contributed by atoms with Crippen molar-refractivity contribution in [2.75, 3.05) is 0 Å². The molecule has 0 aromatic heterocycles.